The summed E-state index contributed by atoms with van der Waals surface area (Å²) in [4.78, 5) is 13.8. The lowest BCUT2D eigenvalue weighted by molar-refractivity contribution is -0.123. The average Bonchev–Trinajstić information content (AvgIpc) is 2.48. The Hall–Kier alpha value is -1.30. The summed E-state index contributed by atoms with van der Waals surface area (Å²) >= 11 is 5.86. The molecule has 1 aliphatic rings. The van der Waals surface area contributed by atoms with E-state index in [9.17, 15) is 9.90 Å². The van der Waals surface area contributed by atoms with E-state index in [0.29, 0.717) is 42.9 Å². The summed E-state index contributed by atoms with van der Waals surface area (Å²) in [6, 6.07) is 7.16. The molecule has 122 valence electrons. The first kappa shape index (κ1) is 17.1. The number of hydrogen-bond acceptors (Lipinski definition) is 4. The Kier molecular flexibility index (Phi) is 6.49. The standard InChI is InChI=1S/C16H23ClN2O3/c1-12-5-7-19(10-15(12)20)11-16(21)18-6-8-22-14-4-2-3-13(17)9-14/h2-4,9,12,15,20H,5-8,10-11H2,1H3,(H,18,21). The van der Waals surface area contributed by atoms with Crippen LogP contribution in [0.3, 0.4) is 0 Å². The van der Waals surface area contributed by atoms with Crippen LogP contribution in [0.5, 0.6) is 5.75 Å². The van der Waals surface area contributed by atoms with Gasteiger partial charge in [0.2, 0.25) is 5.91 Å². The van der Waals surface area contributed by atoms with Crippen molar-refractivity contribution in [3.63, 3.8) is 0 Å². The molecule has 1 aromatic carbocycles. The number of aliphatic hydroxyl groups excluding tert-OH is 1. The van der Waals surface area contributed by atoms with Crippen LogP contribution < -0.4 is 10.1 Å². The Morgan fingerprint density at radius 3 is 3.09 bits per heavy atom. The summed E-state index contributed by atoms with van der Waals surface area (Å²) in [7, 11) is 0. The van der Waals surface area contributed by atoms with Gasteiger partial charge < -0.3 is 15.2 Å². The van der Waals surface area contributed by atoms with Gasteiger partial charge in [-0.15, -0.1) is 0 Å². The van der Waals surface area contributed by atoms with Crippen molar-refractivity contribution in [2.24, 2.45) is 5.92 Å². The van der Waals surface area contributed by atoms with Crippen LogP contribution in [0.4, 0.5) is 0 Å². The molecule has 1 saturated heterocycles. The SMILES string of the molecule is CC1CCN(CC(=O)NCCOc2cccc(Cl)c2)CC1O. The van der Waals surface area contributed by atoms with Crippen molar-refractivity contribution >= 4 is 17.5 Å². The van der Waals surface area contributed by atoms with Crippen molar-refractivity contribution in [2.75, 3.05) is 32.8 Å². The van der Waals surface area contributed by atoms with Crippen LogP contribution >= 0.6 is 11.6 Å². The van der Waals surface area contributed by atoms with E-state index in [-0.39, 0.29) is 12.0 Å². The van der Waals surface area contributed by atoms with Gasteiger partial charge in [0, 0.05) is 11.6 Å². The summed E-state index contributed by atoms with van der Waals surface area (Å²) < 4.78 is 5.51. The monoisotopic (exact) mass is 326 g/mol. The fraction of sp³-hybridized carbons (Fsp3) is 0.562. The topological polar surface area (TPSA) is 61.8 Å². The molecule has 0 radical (unpaired) electrons. The fourth-order valence-electron chi connectivity index (χ4n) is 2.43. The molecule has 0 aromatic heterocycles. The third kappa shape index (κ3) is 5.48. The molecular weight excluding hydrogens is 304 g/mol. The fourth-order valence-corrected chi connectivity index (χ4v) is 2.61. The van der Waals surface area contributed by atoms with Gasteiger partial charge in [-0.1, -0.05) is 24.6 Å². The number of amides is 1. The normalized spacial score (nSPS) is 22.3. The quantitative estimate of drug-likeness (QED) is 0.778. The van der Waals surface area contributed by atoms with Gasteiger partial charge in [0.25, 0.3) is 0 Å². The highest BCUT2D eigenvalue weighted by molar-refractivity contribution is 6.30. The second-order valence-corrected chi connectivity index (χ2v) is 6.16. The summed E-state index contributed by atoms with van der Waals surface area (Å²) in [5.74, 6) is 0.955. The average molecular weight is 327 g/mol. The number of nitrogens with zero attached hydrogens (tertiary/aromatic N) is 1. The molecule has 1 aromatic rings. The molecule has 1 fully saturated rings. The van der Waals surface area contributed by atoms with Crippen molar-refractivity contribution in [3.05, 3.63) is 29.3 Å². The molecule has 0 spiro atoms. The number of ether oxygens (including phenoxy) is 1. The second-order valence-electron chi connectivity index (χ2n) is 5.72. The summed E-state index contributed by atoms with van der Waals surface area (Å²) in [6.07, 6.45) is 0.583. The molecule has 1 heterocycles. The van der Waals surface area contributed by atoms with E-state index < -0.39 is 0 Å². The zero-order chi connectivity index (χ0) is 15.9. The maximum atomic E-state index is 11.9. The van der Waals surface area contributed by atoms with Crippen molar-refractivity contribution < 1.29 is 14.6 Å². The maximum absolute atomic E-state index is 11.9. The van der Waals surface area contributed by atoms with Crippen LogP contribution in [-0.2, 0) is 4.79 Å². The first-order valence-electron chi connectivity index (χ1n) is 7.60. The number of benzene rings is 1. The largest absolute Gasteiger partial charge is 0.492 e. The Labute approximate surface area is 136 Å². The van der Waals surface area contributed by atoms with Gasteiger partial charge in [0.1, 0.15) is 12.4 Å². The predicted octanol–water partition coefficient (Wildman–Crippen LogP) is 1.54. The minimum Gasteiger partial charge on any atom is -0.492 e. The van der Waals surface area contributed by atoms with Crippen LogP contribution in [0.15, 0.2) is 24.3 Å². The predicted molar refractivity (Wildman–Crippen MR) is 86.2 cm³/mol. The zero-order valence-corrected chi connectivity index (χ0v) is 13.6. The molecule has 0 aliphatic carbocycles. The number of likely N-dealkylation sites (tertiary alicyclic amines) is 1. The Balaban J connectivity index is 1.62. The number of hydrogen-bond donors (Lipinski definition) is 2. The number of aliphatic hydroxyl groups is 1. The van der Waals surface area contributed by atoms with Crippen LogP contribution in [0, 0.1) is 5.92 Å². The number of β-amino-alcohol motifs (C(OH)–C–C–N with tert-alkyl or cyclic N) is 1. The number of carbonyl (C=O) groups is 1. The Morgan fingerprint density at radius 1 is 1.55 bits per heavy atom. The van der Waals surface area contributed by atoms with E-state index in [1.165, 1.54) is 0 Å². The highest BCUT2D eigenvalue weighted by atomic mass is 35.5. The van der Waals surface area contributed by atoms with E-state index in [0.717, 1.165) is 13.0 Å². The van der Waals surface area contributed by atoms with Crippen LogP contribution in [0.2, 0.25) is 5.02 Å². The number of nitrogens with one attached hydrogen (secondary N) is 1. The molecule has 2 N–H and O–H groups in total. The second kappa shape index (κ2) is 8.36. The van der Waals surface area contributed by atoms with E-state index in [1.807, 2.05) is 24.0 Å². The summed E-state index contributed by atoms with van der Waals surface area (Å²) in [5, 5.41) is 13.3. The van der Waals surface area contributed by atoms with Gasteiger partial charge in [-0.2, -0.15) is 0 Å². The maximum Gasteiger partial charge on any atom is 0.234 e. The lowest BCUT2D eigenvalue weighted by Gasteiger charge is -2.33. The summed E-state index contributed by atoms with van der Waals surface area (Å²) in [5.41, 5.74) is 0. The molecule has 22 heavy (non-hydrogen) atoms. The van der Waals surface area contributed by atoms with Crippen LogP contribution in [0.25, 0.3) is 0 Å². The first-order chi connectivity index (χ1) is 10.5. The van der Waals surface area contributed by atoms with Crippen molar-refractivity contribution in [3.8, 4) is 5.75 Å². The van der Waals surface area contributed by atoms with Crippen molar-refractivity contribution in [2.45, 2.75) is 19.4 Å². The molecule has 0 bridgehead atoms. The Bertz CT molecular complexity index is 498. The zero-order valence-electron chi connectivity index (χ0n) is 12.8. The minimum absolute atomic E-state index is 0.0450. The molecule has 0 saturated carbocycles. The van der Waals surface area contributed by atoms with Gasteiger partial charge in [-0.05, 0) is 37.1 Å². The number of carbonyl (C=O) groups excluding carboxylic acids is 1. The van der Waals surface area contributed by atoms with E-state index in [4.69, 9.17) is 16.3 Å². The third-order valence-corrected chi connectivity index (χ3v) is 4.09. The van der Waals surface area contributed by atoms with E-state index >= 15 is 0 Å². The minimum atomic E-state index is -0.340. The van der Waals surface area contributed by atoms with Crippen LogP contribution in [0.1, 0.15) is 13.3 Å². The molecule has 2 unspecified atom stereocenters. The molecule has 1 amide bonds. The number of rotatable bonds is 6. The number of halogens is 1. The van der Waals surface area contributed by atoms with Crippen LogP contribution in [-0.4, -0.2) is 54.8 Å². The molecule has 1 aliphatic heterocycles. The lowest BCUT2D eigenvalue weighted by Crippen LogP contribution is -2.47. The molecule has 6 heteroatoms. The van der Waals surface area contributed by atoms with Crippen molar-refractivity contribution in [1.29, 1.82) is 0 Å². The molecule has 2 rings (SSSR count). The van der Waals surface area contributed by atoms with Crippen molar-refractivity contribution in [1.82, 2.24) is 10.2 Å². The highest BCUT2D eigenvalue weighted by Crippen LogP contribution is 2.17. The first-order valence-corrected chi connectivity index (χ1v) is 7.98. The molecule has 5 nitrogen and oxygen atoms in total. The number of piperidine rings is 1. The molecular formula is C16H23ClN2O3. The summed E-state index contributed by atoms with van der Waals surface area (Å²) in [6.45, 7) is 4.61. The Morgan fingerprint density at radius 2 is 2.36 bits per heavy atom. The van der Waals surface area contributed by atoms with Gasteiger partial charge in [-0.25, -0.2) is 0 Å². The van der Waals surface area contributed by atoms with E-state index in [2.05, 4.69) is 5.32 Å². The third-order valence-electron chi connectivity index (χ3n) is 3.86. The molecule has 2 atom stereocenters. The van der Waals surface area contributed by atoms with Gasteiger partial charge in [0.15, 0.2) is 0 Å². The highest BCUT2D eigenvalue weighted by Gasteiger charge is 2.25. The van der Waals surface area contributed by atoms with Gasteiger partial charge in [0.05, 0.1) is 19.2 Å². The lowest BCUT2D eigenvalue weighted by atomic mass is 9.96. The smallest absolute Gasteiger partial charge is 0.234 e. The van der Waals surface area contributed by atoms with Gasteiger partial charge >= 0.3 is 0 Å². The van der Waals surface area contributed by atoms with E-state index in [1.54, 1.807) is 12.1 Å². The van der Waals surface area contributed by atoms with Gasteiger partial charge in [-0.3, -0.25) is 9.69 Å².